The number of rotatable bonds is 5. The Hall–Kier alpha value is -3.25. The van der Waals surface area contributed by atoms with Crippen molar-refractivity contribution in [3.05, 3.63) is 71.7 Å². The van der Waals surface area contributed by atoms with E-state index in [1.165, 1.54) is 11.3 Å². The lowest BCUT2D eigenvalue weighted by atomic mass is 10.1. The van der Waals surface area contributed by atoms with E-state index < -0.39 is 5.97 Å². The van der Waals surface area contributed by atoms with E-state index in [2.05, 4.69) is 11.6 Å². The summed E-state index contributed by atoms with van der Waals surface area (Å²) in [5.74, 6) is -0.425. The normalized spacial score (nSPS) is 10.9. The first-order chi connectivity index (χ1) is 13.2. The van der Waals surface area contributed by atoms with Gasteiger partial charge in [-0.05, 0) is 24.6 Å². The molecule has 6 heteroatoms. The average Bonchev–Trinajstić information content (AvgIpc) is 3.33. The molecule has 0 bridgehead atoms. The fourth-order valence-electron chi connectivity index (χ4n) is 2.87. The van der Waals surface area contributed by atoms with Crippen LogP contribution in [0.5, 0.6) is 0 Å². The molecule has 0 unspecified atom stereocenters. The number of aromatic nitrogens is 3. The van der Waals surface area contributed by atoms with E-state index in [0.717, 1.165) is 27.7 Å². The first-order valence-electron chi connectivity index (χ1n) is 8.55. The Kier molecular flexibility index (Phi) is 4.56. The molecule has 0 atom stereocenters. The topological polar surface area (TPSA) is 57.0 Å². The number of hydrogen-bond donors (Lipinski definition) is 0. The van der Waals surface area contributed by atoms with Crippen molar-refractivity contribution in [3.63, 3.8) is 0 Å². The van der Waals surface area contributed by atoms with Gasteiger partial charge in [-0.1, -0.05) is 49.1 Å². The van der Waals surface area contributed by atoms with E-state index in [0.29, 0.717) is 17.4 Å². The molecule has 0 N–H and O–H groups in total. The Morgan fingerprint density at radius 3 is 2.81 bits per heavy atom. The molecule has 0 aliphatic rings. The summed E-state index contributed by atoms with van der Waals surface area (Å²) in [6.45, 7) is 5.94. The lowest BCUT2D eigenvalue weighted by Crippen LogP contribution is -2.05. The standard InChI is InChI=1S/C21H17N3O2S/c1-3-14-10-11-16-18(12-14)24(23-19(16)15-8-6-5-7-9-15)21-22-17(13-27-21)20(25)26-4-2/h3,5-13H,1,4H2,2H3. The van der Waals surface area contributed by atoms with E-state index in [1.54, 1.807) is 23.1 Å². The van der Waals surface area contributed by atoms with Gasteiger partial charge >= 0.3 is 5.97 Å². The van der Waals surface area contributed by atoms with Crippen molar-refractivity contribution in [1.29, 1.82) is 0 Å². The predicted octanol–water partition coefficient (Wildman–Crippen LogP) is 4.97. The van der Waals surface area contributed by atoms with Gasteiger partial charge in [0.05, 0.1) is 12.1 Å². The van der Waals surface area contributed by atoms with Crippen LogP contribution >= 0.6 is 11.3 Å². The molecule has 2 aromatic carbocycles. The third kappa shape index (κ3) is 3.15. The fourth-order valence-corrected chi connectivity index (χ4v) is 3.63. The molecule has 0 radical (unpaired) electrons. The minimum absolute atomic E-state index is 0.293. The summed E-state index contributed by atoms with van der Waals surface area (Å²) in [5, 5.41) is 8.13. The Morgan fingerprint density at radius 1 is 1.26 bits per heavy atom. The minimum Gasteiger partial charge on any atom is -0.461 e. The highest BCUT2D eigenvalue weighted by atomic mass is 32.1. The van der Waals surface area contributed by atoms with E-state index >= 15 is 0 Å². The van der Waals surface area contributed by atoms with Gasteiger partial charge in [0.15, 0.2) is 5.69 Å². The molecule has 5 nitrogen and oxygen atoms in total. The highest BCUT2D eigenvalue weighted by molar-refractivity contribution is 7.12. The van der Waals surface area contributed by atoms with Crippen molar-refractivity contribution >= 4 is 34.3 Å². The minimum atomic E-state index is -0.425. The molecular formula is C21H17N3O2S. The Balaban J connectivity index is 1.90. The summed E-state index contributed by atoms with van der Waals surface area (Å²) in [4.78, 5) is 16.4. The summed E-state index contributed by atoms with van der Waals surface area (Å²) >= 11 is 1.36. The number of nitrogens with zero attached hydrogens (tertiary/aromatic N) is 3. The van der Waals surface area contributed by atoms with Crippen molar-refractivity contribution in [1.82, 2.24) is 14.8 Å². The number of ether oxygens (including phenoxy) is 1. The molecule has 4 rings (SSSR count). The zero-order valence-corrected chi connectivity index (χ0v) is 15.6. The van der Waals surface area contributed by atoms with Crippen molar-refractivity contribution in [2.24, 2.45) is 0 Å². The summed E-state index contributed by atoms with van der Waals surface area (Å²) in [7, 11) is 0. The number of esters is 1. The van der Waals surface area contributed by atoms with Gasteiger partial charge in [-0.25, -0.2) is 14.5 Å². The van der Waals surface area contributed by atoms with Crippen molar-refractivity contribution in [3.8, 4) is 16.4 Å². The molecule has 0 aliphatic heterocycles. The predicted molar refractivity (Wildman–Crippen MR) is 108 cm³/mol. The maximum Gasteiger partial charge on any atom is 0.357 e. The molecule has 2 aromatic heterocycles. The number of hydrogen-bond acceptors (Lipinski definition) is 5. The van der Waals surface area contributed by atoms with Crippen LogP contribution in [0.1, 0.15) is 23.0 Å². The second-order valence-electron chi connectivity index (χ2n) is 5.84. The van der Waals surface area contributed by atoms with Gasteiger partial charge in [-0.2, -0.15) is 5.10 Å². The molecule has 0 fully saturated rings. The maximum atomic E-state index is 12.0. The van der Waals surface area contributed by atoms with Crippen LogP contribution in [0.3, 0.4) is 0 Å². The van der Waals surface area contributed by atoms with Crippen LogP contribution in [0.25, 0.3) is 33.4 Å². The number of carbonyl (C=O) groups is 1. The number of carbonyl (C=O) groups excluding carboxylic acids is 1. The number of benzene rings is 2. The molecule has 134 valence electrons. The Bertz CT molecular complexity index is 1130. The average molecular weight is 375 g/mol. The van der Waals surface area contributed by atoms with Crippen molar-refractivity contribution < 1.29 is 9.53 Å². The van der Waals surface area contributed by atoms with Gasteiger partial charge in [-0.15, -0.1) is 11.3 Å². The van der Waals surface area contributed by atoms with Gasteiger partial charge in [0.25, 0.3) is 0 Å². The third-order valence-corrected chi connectivity index (χ3v) is 4.96. The van der Waals surface area contributed by atoms with E-state index in [1.807, 2.05) is 48.5 Å². The number of fused-ring (bicyclic) bond motifs is 1. The fraction of sp³-hybridized carbons (Fsp3) is 0.0952. The zero-order chi connectivity index (χ0) is 18.8. The monoisotopic (exact) mass is 375 g/mol. The smallest absolute Gasteiger partial charge is 0.357 e. The molecule has 2 heterocycles. The van der Waals surface area contributed by atoms with Crippen LogP contribution in [0.15, 0.2) is 60.5 Å². The quantitative estimate of drug-likeness (QED) is 0.462. The van der Waals surface area contributed by atoms with E-state index in [9.17, 15) is 4.79 Å². The van der Waals surface area contributed by atoms with Crippen LogP contribution in [0, 0.1) is 0 Å². The zero-order valence-electron chi connectivity index (χ0n) is 14.8. The number of thiazole rings is 1. The van der Waals surface area contributed by atoms with Crippen molar-refractivity contribution in [2.45, 2.75) is 6.92 Å². The summed E-state index contributed by atoms with van der Waals surface area (Å²) in [6, 6.07) is 16.1. The summed E-state index contributed by atoms with van der Waals surface area (Å²) in [6.07, 6.45) is 1.80. The first-order valence-corrected chi connectivity index (χ1v) is 9.43. The van der Waals surface area contributed by atoms with Gasteiger partial charge < -0.3 is 4.74 Å². The Labute approximate surface area is 160 Å². The van der Waals surface area contributed by atoms with Crippen LogP contribution in [-0.4, -0.2) is 27.3 Å². The highest BCUT2D eigenvalue weighted by Gasteiger charge is 2.18. The van der Waals surface area contributed by atoms with Gasteiger partial charge in [0.1, 0.15) is 5.69 Å². The second kappa shape index (κ2) is 7.17. The maximum absolute atomic E-state index is 12.0. The van der Waals surface area contributed by atoms with Gasteiger partial charge in [0, 0.05) is 16.3 Å². The molecule has 27 heavy (non-hydrogen) atoms. The summed E-state index contributed by atoms with van der Waals surface area (Å²) in [5.41, 5.74) is 4.09. The van der Waals surface area contributed by atoms with E-state index in [4.69, 9.17) is 9.84 Å². The molecule has 4 aromatic rings. The van der Waals surface area contributed by atoms with Crippen LogP contribution in [0.2, 0.25) is 0 Å². The molecule has 0 aliphatic carbocycles. The van der Waals surface area contributed by atoms with Crippen molar-refractivity contribution in [2.75, 3.05) is 6.61 Å². The van der Waals surface area contributed by atoms with Crippen LogP contribution < -0.4 is 0 Å². The molecule has 0 saturated heterocycles. The highest BCUT2D eigenvalue weighted by Crippen LogP contribution is 2.31. The van der Waals surface area contributed by atoms with E-state index in [-0.39, 0.29) is 0 Å². The first kappa shape index (κ1) is 17.2. The summed E-state index contributed by atoms with van der Waals surface area (Å²) < 4.78 is 6.81. The van der Waals surface area contributed by atoms with Gasteiger partial charge in [-0.3, -0.25) is 0 Å². The lowest BCUT2D eigenvalue weighted by molar-refractivity contribution is 0.0520. The van der Waals surface area contributed by atoms with Gasteiger partial charge in [0.2, 0.25) is 5.13 Å². The third-order valence-electron chi connectivity index (χ3n) is 4.15. The molecular weight excluding hydrogens is 358 g/mol. The molecule has 0 spiro atoms. The Morgan fingerprint density at radius 2 is 2.07 bits per heavy atom. The second-order valence-corrected chi connectivity index (χ2v) is 6.68. The molecule has 0 saturated carbocycles. The van der Waals surface area contributed by atoms with Crippen LogP contribution in [0.4, 0.5) is 0 Å². The van der Waals surface area contributed by atoms with Crippen LogP contribution in [-0.2, 0) is 4.74 Å². The largest absolute Gasteiger partial charge is 0.461 e. The molecule has 0 amide bonds. The SMILES string of the molecule is C=Cc1ccc2c(-c3ccccc3)nn(-c3nc(C(=O)OCC)cs3)c2c1. The lowest BCUT2D eigenvalue weighted by Gasteiger charge is -2.00.